The minimum atomic E-state index is -0.285. The van der Waals surface area contributed by atoms with Gasteiger partial charge in [-0.15, -0.1) is 0 Å². The normalized spacial score (nSPS) is 13.2. The van der Waals surface area contributed by atoms with E-state index in [4.69, 9.17) is 9.72 Å². The van der Waals surface area contributed by atoms with Crippen LogP contribution in [0.5, 0.6) is 5.75 Å². The number of halogens is 1. The molecule has 1 aromatic heterocycles. The summed E-state index contributed by atoms with van der Waals surface area (Å²) in [5.41, 5.74) is 4.05. The highest BCUT2D eigenvalue weighted by Crippen LogP contribution is 2.26. The first-order valence-corrected chi connectivity index (χ1v) is 11.8. The topological polar surface area (TPSA) is 75.5 Å². The number of hydrogen-bond acceptors (Lipinski definition) is 5. The van der Waals surface area contributed by atoms with E-state index in [-0.39, 0.29) is 5.82 Å². The molecule has 0 saturated heterocycles. The van der Waals surface area contributed by atoms with Crippen LogP contribution in [0.15, 0.2) is 108 Å². The van der Waals surface area contributed by atoms with Crippen LogP contribution in [0.4, 0.5) is 16.0 Å². The Hall–Kier alpha value is -4.59. The van der Waals surface area contributed by atoms with Crippen LogP contribution in [0, 0.1) is 5.82 Å². The molecule has 0 aliphatic heterocycles. The van der Waals surface area contributed by atoms with Crippen molar-refractivity contribution in [3.05, 3.63) is 108 Å². The second-order valence-corrected chi connectivity index (χ2v) is 7.93. The lowest BCUT2D eigenvalue weighted by molar-refractivity contribution is 0.443. The molecular formula is C29H33FN6O. The molecule has 0 aliphatic carbocycles. The monoisotopic (exact) mass is 500 g/mol. The van der Waals surface area contributed by atoms with Crippen molar-refractivity contribution >= 4 is 28.5 Å². The predicted octanol–water partition coefficient (Wildman–Crippen LogP) is 6.11. The van der Waals surface area contributed by atoms with E-state index in [1.807, 2.05) is 81.1 Å². The smallest absolute Gasteiger partial charge is 0.208 e. The SMILES string of the molecule is C=C/C=C(\C=C/C)NC(=NC)/C(=C/C(=C\C)Oc1ccc2c(c1)nc(Nc1ccc(F)cc1)n2C)NC. The average Bonchev–Trinajstić information content (AvgIpc) is 3.20. The predicted molar refractivity (Wildman–Crippen MR) is 152 cm³/mol. The molecule has 0 atom stereocenters. The standard InChI is InChI=1S/C29H33FN6O/c1-7-10-21(11-8-2)33-28(32-5)26(31-4)18-23(9-3)37-24-16-17-27-25(19-24)35-29(36(27)6)34-22-14-12-20(30)13-15-22/h7-19,31H,1H2,2-6H3,(H,32,33)(H,34,35)/b11-8-,21-10+,23-9+,26-18-. The maximum absolute atomic E-state index is 13.2. The summed E-state index contributed by atoms with van der Waals surface area (Å²) in [4.78, 5) is 9.08. The molecule has 0 bridgehead atoms. The molecule has 192 valence electrons. The van der Waals surface area contributed by atoms with E-state index in [0.29, 0.717) is 23.3 Å². The van der Waals surface area contributed by atoms with Gasteiger partial charge in [-0.3, -0.25) is 4.99 Å². The van der Waals surface area contributed by atoms with Crippen molar-refractivity contribution in [1.82, 2.24) is 20.2 Å². The number of nitrogens with one attached hydrogen (secondary N) is 3. The molecule has 3 rings (SSSR count). The number of aromatic nitrogens is 2. The molecule has 3 N–H and O–H groups in total. The third kappa shape index (κ3) is 6.98. The van der Waals surface area contributed by atoms with E-state index in [0.717, 1.165) is 28.1 Å². The van der Waals surface area contributed by atoms with Crippen molar-refractivity contribution in [2.75, 3.05) is 19.4 Å². The molecule has 8 heteroatoms. The quantitative estimate of drug-likeness (QED) is 0.136. The average molecular weight is 501 g/mol. The third-order valence-corrected chi connectivity index (χ3v) is 5.41. The molecule has 0 fully saturated rings. The second kappa shape index (κ2) is 12.9. The first-order valence-electron chi connectivity index (χ1n) is 11.8. The van der Waals surface area contributed by atoms with Gasteiger partial charge >= 0.3 is 0 Å². The summed E-state index contributed by atoms with van der Waals surface area (Å²) in [6.07, 6.45) is 11.2. The Morgan fingerprint density at radius 3 is 2.54 bits per heavy atom. The lowest BCUT2D eigenvalue weighted by Gasteiger charge is -2.15. The Kier molecular flexibility index (Phi) is 9.43. The molecule has 2 aromatic carbocycles. The number of aliphatic imine (C=N–C) groups is 1. The summed E-state index contributed by atoms with van der Waals surface area (Å²) < 4.78 is 21.4. The van der Waals surface area contributed by atoms with Crippen molar-refractivity contribution in [3.63, 3.8) is 0 Å². The Morgan fingerprint density at radius 2 is 1.92 bits per heavy atom. The van der Waals surface area contributed by atoms with Crippen LogP contribution < -0.4 is 20.7 Å². The van der Waals surface area contributed by atoms with Gasteiger partial charge in [0.05, 0.1) is 16.7 Å². The minimum absolute atomic E-state index is 0.285. The van der Waals surface area contributed by atoms with Crippen molar-refractivity contribution < 1.29 is 9.13 Å². The Morgan fingerprint density at radius 1 is 1.16 bits per heavy atom. The fourth-order valence-electron chi connectivity index (χ4n) is 3.55. The van der Waals surface area contributed by atoms with Gasteiger partial charge in [-0.2, -0.15) is 0 Å². The number of amidine groups is 1. The molecule has 7 nitrogen and oxygen atoms in total. The number of hydrogen-bond donors (Lipinski definition) is 3. The van der Waals surface area contributed by atoms with E-state index in [2.05, 4.69) is 27.5 Å². The molecule has 3 aromatic rings. The summed E-state index contributed by atoms with van der Waals surface area (Å²) in [6, 6.07) is 11.9. The van der Waals surface area contributed by atoms with Gasteiger partial charge in [0.2, 0.25) is 5.95 Å². The lowest BCUT2D eigenvalue weighted by atomic mass is 10.2. The van der Waals surface area contributed by atoms with Crippen LogP contribution in [0.25, 0.3) is 11.0 Å². The molecule has 0 radical (unpaired) electrons. The van der Waals surface area contributed by atoms with Gasteiger partial charge in [-0.25, -0.2) is 9.37 Å². The van der Waals surface area contributed by atoms with Gasteiger partial charge in [0.1, 0.15) is 23.2 Å². The second-order valence-electron chi connectivity index (χ2n) is 7.93. The highest BCUT2D eigenvalue weighted by molar-refractivity contribution is 5.99. The van der Waals surface area contributed by atoms with Crippen molar-refractivity contribution in [3.8, 4) is 5.75 Å². The van der Waals surface area contributed by atoms with E-state index in [9.17, 15) is 4.39 Å². The van der Waals surface area contributed by atoms with Gasteiger partial charge in [-0.05, 0) is 68.5 Å². The van der Waals surface area contributed by atoms with Crippen LogP contribution in [-0.4, -0.2) is 29.5 Å². The number of allylic oxidation sites excluding steroid dienone is 6. The van der Waals surface area contributed by atoms with Gasteiger partial charge in [0.15, 0.2) is 0 Å². The van der Waals surface area contributed by atoms with Crippen LogP contribution >= 0.6 is 0 Å². The first-order chi connectivity index (χ1) is 17.9. The summed E-state index contributed by atoms with van der Waals surface area (Å²) in [6.45, 7) is 7.62. The Labute approximate surface area is 217 Å². The van der Waals surface area contributed by atoms with Crippen molar-refractivity contribution in [2.45, 2.75) is 13.8 Å². The van der Waals surface area contributed by atoms with Crippen LogP contribution in [-0.2, 0) is 7.05 Å². The van der Waals surface area contributed by atoms with E-state index < -0.39 is 0 Å². The number of likely N-dealkylation sites (N-methyl/N-ethyl adjacent to an activating group) is 1. The first kappa shape index (κ1) is 27.0. The highest BCUT2D eigenvalue weighted by Gasteiger charge is 2.11. The number of imidazole rings is 1. The number of rotatable bonds is 10. The van der Waals surface area contributed by atoms with E-state index >= 15 is 0 Å². The Balaban J connectivity index is 1.83. The summed E-state index contributed by atoms with van der Waals surface area (Å²) in [5.74, 6) is 2.28. The number of anilines is 2. The third-order valence-electron chi connectivity index (χ3n) is 5.41. The number of aryl methyl sites for hydroxylation is 1. The van der Waals surface area contributed by atoms with Crippen LogP contribution in [0.2, 0.25) is 0 Å². The number of benzene rings is 2. The summed E-state index contributed by atoms with van der Waals surface area (Å²) >= 11 is 0. The number of nitrogens with zero attached hydrogens (tertiary/aromatic N) is 3. The van der Waals surface area contributed by atoms with Gasteiger partial charge in [0, 0.05) is 44.7 Å². The van der Waals surface area contributed by atoms with Crippen molar-refractivity contribution in [2.24, 2.45) is 12.0 Å². The molecule has 0 aliphatic rings. The molecule has 1 heterocycles. The fraction of sp³-hybridized carbons (Fsp3) is 0.172. The molecule has 0 spiro atoms. The number of ether oxygens (including phenoxy) is 1. The van der Waals surface area contributed by atoms with Crippen molar-refractivity contribution in [1.29, 1.82) is 0 Å². The Bertz CT molecular complexity index is 1390. The zero-order valence-corrected chi connectivity index (χ0v) is 21.8. The number of fused-ring (bicyclic) bond motifs is 1. The maximum Gasteiger partial charge on any atom is 0.208 e. The van der Waals surface area contributed by atoms with Gasteiger partial charge in [-0.1, -0.05) is 18.7 Å². The zero-order valence-electron chi connectivity index (χ0n) is 21.8. The molecule has 0 saturated carbocycles. The highest BCUT2D eigenvalue weighted by atomic mass is 19.1. The maximum atomic E-state index is 13.2. The van der Waals surface area contributed by atoms with Crippen LogP contribution in [0.3, 0.4) is 0 Å². The lowest BCUT2D eigenvalue weighted by Crippen LogP contribution is -2.30. The summed E-state index contributed by atoms with van der Waals surface area (Å²) in [7, 11) is 5.47. The zero-order chi connectivity index (χ0) is 26.8. The molecule has 0 amide bonds. The van der Waals surface area contributed by atoms with E-state index in [1.54, 1.807) is 25.3 Å². The minimum Gasteiger partial charge on any atom is -0.458 e. The fourth-order valence-corrected chi connectivity index (χ4v) is 3.55. The largest absolute Gasteiger partial charge is 0.458 e. The van der Waals surface area contributed by atoms with Crippen LogP contribution in [0.1, 0.15) is 13.8 Å². The van der Waals surface area contributed by atoms with E-state index in [1.165, 1.54) is 12.1 Å². The van der Waals surface area contributed by atoms with Gasteiger partial charge < -0.3 is 25.3 Å². The molecule has 0 unspecified atom stereocenters. The molecule has 37 heavy (non-hydrogen) atoms. The summed E-state index contributed by atoms with van der Waals surface area (Å²) in [5, 5.41) is 9.71. The molecular weight excluding hydrogens is 467 g/mol. The van der Waals surface area contributed by atoms with Gasteiger partial charge in [0.25, 0.3) is 0 Å².